The van der Waals surface area contributed by atoms with Gasteiger partial charge in [0.05, 0.1) is 24.8 Å². The summed E-state index contributed by atoms with van der Waals surface area (Å²) in [5.41, 5.74) is 6.55. The van der Waals surface area contributed by atoms with Gasteiger partial charge in [-0.15, -0.1) is 0 Å². The van der Waals surface area contributed by atoms with Crippen molar-refractivity contribution in [1.82, 2.24) is 0 Å². The zero-order chi connectivity index (χ0) is 53.6. The minimum atomic E-state index is -4.54. The number of carbonyl (C=O) groups is 1. The molecular formula is C68H64BrF3O5. The van der Waals surface area contributed by atoms with Gasteiger partial charge in [0.2, 0.25) is 0 Å². The number of unbranched alkanes of at least 4 members (excludes halogenated alkanes) is 3. The SMILES string of the molecule is CCCCC[C@H]1CC[C@H](c2ccc(-c3ccc(C(=O)Oc4cccc5c4c(Br)cc4c6c(c7c(c45)OC(c4ccc(OC)cc4)(c4ccc(OCCCC)cc4)C=C7)C(C)(C)c4cc(C(F)(F)F)ccc4-6)cc3)cc2)CC1. The molecule has 77 heavy (non-hydrogen) atoms. The van der Waals surface area contributed by atoms with Crippen molar-refractivity contribution >= 4 is 49.5 Å². The Morgan fingerprint density at radius 3 is 2.04 bits per heavy atom. The molecule has 1 unspecified atom stereocenters. The van der Waals surface area contributed by atoms with Crippen molar-refractivity contribution in [1.29, 1.82) is 0 Å². The van der Waals surface area contributed by atoms with Gasteiger partial charge in [-0.25, -0.2) is 4.79 Å². The van der Waals surface area contributed by atoms with Crippen molar-refractivity contribution in [2.45, 2.75) is 115 Å². The molecule has 0 bridgehead atoms. The van der Waals surface area contributed by atoms with Gasteiger partial charge in [0.1, 0.15) is 23.0 Å². The third-order valence-corrected chi connectivity index (χ3v) is 17.3. The van der Waals surface area contributed by atoms with Gasteiger partial charge in [-0.05, 0) is 176 Å². The number of methoxy groups -OCH3 is 1. The van der Waals surface area contributed by atoms with E-state index < -0.39 is 28.7 Å². The van der Waals surface area contributed by atoms with Crippen LogP contribution in [0.1, 0.15) is 147 Å². The van der Waals surface area contributed by atoms with Crippen molar-refractivity contribution in [2.75, 3.05) is 13.7 Å². The van der Waals surface area contributed by atoms with E-state index in [1.807, 2.05) is 111 Å². The molecular weight excluding hydrogens is 1030 g/mol. The second kappa shape index (κ2) is 21.2. The maximum Gasteiger partial charge on any atom is 0.416 e. The molecule has 5 nitrogen and oxygen atoms in total. The minimum absolute atomic E-state index is 0.340. The van der Waals surface area contributed by atoms with Gasteiger partial charge >= 0.3 is 12.1 Å². The third kappa shape index (κ3) is 9.72. The lowest BCUT2D eigenvalue weighted by atomic mass is 9.76. The number of hydrogen-bond donors (Lipinski definition) is 0. The quantitative estimate of drug-likeness (QED) is 0.0443. The van der Waals surface area contributed by atoms with Gasteiger partial charge in [0.25, 0.3) is 0 Å². The predicted molar refractivity (Wildman–Crippen MR) is 308 cm³/mol. The molecule has 9 heteroatoms. The fourth-order valence-electron chi connectivity index (χ4n) is 12.4. The van der Waals surface area contributed by atoms with Gasteiger partial charge in [-0.2, -0.15) is 13.2 Å². The first kappa shape index (κ1) is 52.2. The Balaban J connectivity index is 0.988. The maximum absolute atomic E-state index is 14.5. The first-order valence-corrected chi connectivity index (χ1v) is 28.2. The Bertz CT molecular complexity index is 3520. The van der Waals surface area contributed by atoms with E-state index in [0.717, 1.165) is 79.6 Å². The number of esters is 1. The Kier molecular flexibility index (Phi) is 14.4. The summed E-state index contributed by atoms with van der Waals surface area (Å²) >= 11 is 3.93. The van der Waals surface area contributed by atoms with Crippen LogP contribution in [0.25, 0.3) is 49.9 Å². The van der Waals surface area contributed by atoms with Crippen LogP contribution >= 0.6 is 15.9 Å². The molecule has 1 heterocycles. The van der Waals surface area contributed by atoms with E-state index in [9.17, 15) is 18.0 Å². The molecule has 0 spiro atoms. The molecule has 3 aliphatic rings. The molecule has 1 fully saturated rings. The molecule has 2 aliphatic carbocycles. The molecule has 1 saturated carbocycles. The first-order chi connectivity index (χ1) is 37.2. The number of hydrogen-bond acceptors (Lipinski definition) is 5. The van der Waals surface area contributed by atoms with Crippen molar-refractivity contribution < 1.29 is 36.9 Å². The van der Waals surface area contributed by atoms with E-state index in [-0.39, 0.29) is 0 Å². The molecule has 0 saturated heterocycles. The zero-order valence-electron chi connectivity index (χ0n) is 44.4. The smallest absolute Gasteiger partial charge is 0.416 e. The zero-order valence-corrected chi connectivity index (χ0v) is 46.0. The summed E-state index contributed by atoms with van der Waals surface area (Å²) < 4.78 is 69.9. The fraction of sp³-hybridized carbons (Fsp3) is 0.309. The topological polar surface area (TPSA) is 54.0 Å². The van der Waals surface area contributed by atoms with Crippen LogP contribution in [0.5, 0.6) is 23.0 Å². The Labute approximate surface area is 458 Å². The highest BCUT2D eigenvalue weighted by Crippen LogP contribution is 2.60. The molecule has 0 radical (unpaired) electrons. The predicted octanol–water partition coefficient (Wildman–Crippen LogP) is 19.4. The maximum atomic E-state index is 14.5. The van der Waals surface area contributed by atoms with E-state index in [4.69, 9.17) is 18.9 Å². The largest absolute Gasteiger partial charge is 0.497 e. The van der Waals surface area contributed by atoms with E-state index in [0.29, 0.717) is 56.3 Å². The summed E-state index contributed by atoms with van der Waals surface area (Å²) in [7, 11) is 1.63. The number of halogens is 4. The number of alkyl halides is 3. The Hall–Kier alpha value is -6.84. The molecule has 11 rings (SSSR count). The minimum Gasteiger partial charge on any atom is -0.497 e. The summed E-state index contributed by atoms with van der Waals surface area (Å²) in [6, 6.07) is 44.0. The van der Waals surface area contributed by atoms with Crippen LogP contribution in [-0.4, -0.2) is 19.7 Å². The van der Waals surface area contributed by atoms with E-state index >= 15 is 0 Å². The standard InChI is InChI=1S/C68H64BrF3O5/c1-6-8-10-12-42-15-17-43(18-16-42)44-19-21-45(22-20-44)46-23-25-47(26-24-46)65(73)76-59-14-11-13-54-61-56(41-58(69)62(54)59)60-53-36-31-50(68(70,71)72)40-57(53)66(3,4)63(60)55-37-38-67(77-64(55)61,48-27-32-51(74-5)33-28-48)49-29-34-52(35-30-49)75-39-9-7-2/h11,13-14,19-38,40-43H,6-10,12,15-18,39H2,1-5H3/t42-,43-,67?. The van der Waals surface area contributed by atoms with Gasteiger partial charge in [-0.3, -0.25) is 0 Å². The van der Waals surface area contributed by atoms with Gasteiger partial charge < -0.3 is 18.9 Å². The van der Waals surface area contributed by atoms with Crippen LogP contribution in [0.3, 0.4) is 0 Å². The summed E-state index contributed by atoms with van der Waals surface area (Å²) in [6.45, 7) is 8.97. The van der Waals surface area contributed by atoms with Crippen LogP contribution in [0.15, 0.2) is 150 Å². The van der Waals surface area contributed by atoms with Crippen molar-refractivity contribution in [3.63, 3.8) is 0 Å². The molecule has 1 atom stereocenters. The lowest BCUT2D eigenvalue weighted by Gasteiger charge is -2.38. The number of carbonyl (C=O) groups excluding carboxylic acids is 1. The summed E-state index contributed by atoms with van der Waals surface area (Å²) in [4.78, 5) is 14.3. The Morgan fingerprint density at radius 1 is 0.727 bits per heavy atom. The average Bonchev–Trinajstić information content (AvgIpc) is 3.99. The molecule has 394 valence electrons. The van der Waals surface area contributed by atoms with Gasteiger partial charge in [-0.1, -0.05) is 145 Å². The van der Waals surface area contributed by atoms with E-state index in [2.05, 4.69) is 60.1 Å². The highest BCUT2D eigenvalue weighted by Gasteiger charge is 2.46. The first-order valence-electron chi connectivity index (χ1n) is 27.4. The number of ether oxygens (including phenoxy) is 4. The van der Waals surface area contributed by atoms with Crippen LogP contribution in [0.2, 0.25) is 0 Å². The van der Waals surface area contributed by atoms with E-state index in [1.165, 1.54) is 69.1 Å². The summed E-state index contributed by atoms with van der Waals surface area (Å²) in [5.74, 6) is 3.28. The lowest BCUT2D eigenvalue weighted by Crippen LogP contribution is -2.35. The highest BCUT2D eigenvalue weighted by atomic mass is 79.9. The van der Waals surface area contributed by atoms with Gasteiger partial charge in [0.15, 0.2) is 5.60 Å². The van der Waals surface area contributed by atoms with E-state index in [1.54, 1.807) is 19.2 Å². The molecule has 0 aromatic heterocycles. The summed E-state index contributed by atoms with van der Waals surface area (Å²) in [6.07, 6.45) is 12.0. The fourth-order valence-corrected chi connectivity index (χ4v) is 13.1. The second-order valence-electron chi connectivity index (χ2n) is 21.8. The summed E-state index contributed by atoms with van der Waals surface area (Å²) in [5, 5.41) is 2.88. The lowest BCUT2D eigenvalue weighted by molar-refractivity contribution is -0.137. The number of fused-ring (bicyclic) bond motifs is 10. The molecule has 8 aromatic carbocycles. The number of rotatable bonds is 15. The molecule has 1 aliphatic heterocycles. The van der Waals surface area contributed by atoms with Crippen LogP contribution < -0.4 is 18.9 Å². The number of benzene rings is 8. The molecule has 8 aromatic rings. The van der Waals surface area contributed by atoms with Crippen LogP contribution in [0, 0.1) is 5.92 Å². The third-order valence-electron chi connectivity index (χ3n) is 16.7. The van der Waals surface area contributed by atoms with Crippen molar-refractivity contribution in [3.8, 4) is 45.3 Å². The van der Waals surface area contributed by atoms with Crippen LogP contribution in [0.4, 0.5) is 13.2 Å². The van der Waals surface area contributed by atoms with Crippen LogP contribution in [-0.2, 0) is 17.2 Å². The molecule has 0 N–H and O–H groups in total. The van der Waals surface area contributed by atoms with Crippen molar-refractivity contribution in [3.05, 3.63) is 195 Å². The Morgan fingerprint density at radius 2 is 1.39 bits per heavy atom. The normalized spacial score (nSPS) is 18.4. The van der Waals surface area contributed by atoms with Crippen molar-refractivity contribution in [2.24, 2.45) is 5.92 Å². The monoisotopic (exact) mass is 1100 g/mol. The average molecular weight is 1100 g/mol. The molecule has 0 amide bonds. The van der Waals surface area contributed by atoms with Gasteiger partial charge in [0, 0.05) is 37.4 Å². The second-order valence-corrected chi connectivity index (χ2v) is 22.6. The highest BCUT2D eigenvalue weighted by molar-refractivity contribution is 9.10.